The minimum absolute atomic E-state index is 0.0109. The van der Waals surface area contributed by atoms with Gasteiger partial charge in [-0.1, -0.05) is 12.1 Å². The van der Waals surface area contributed by atoms with E-state index in [0.29, 0.717) is 5.69 Å². The molecule has 3 aromatic carbocycles. The van der Waals surface area contributed by atoms with Crippen LogP contribution >= 0.6 is 0 Å². The number of hydrogen-bond acceptors (Lipinski definition) is 6. The van der Waals surface area contributed by atoms with E-state index in [1.807, 2.05) is 6.07 Å². The highest BCUT2D eigenvalue weighted by molar-refractivity contribution is 7.81. The average Bonchev–Trinajstić information content (AvgIpc) is 3.00. The van der Waals surface area contributed by atoms with Gasteiger partial charge in [-0.3, -0.25) is 14.1 Å². The van der Waals surface area contributed by atoms with E-state index in [4.69, 9.17) is 4.55 Å². The van der Waals surface area contributed by atoms with Crippen molar-refractivity contribution in [3.8, 4) is 5.75 Å². The van der Waals surface area contributed by atoms with Gasteiger partial charge in [-0.15, -0.1) is 0 Å². The molecular weight excluding hydrogens is 396 g/mol. The Hall–Kier alpha value is -3.69. The zero-order valence-corrected chi connectivity index (χ0v) is 15.6. The minimum Gasteiger partial charge on any atom is -0.362 e. The summed E-state index contributed by atoms with van der Waals surface area (Å²) >= 11 is 0. The van der Waals surface area contributed by atoms with Crippen molar-refractivity contribution in [2.45, 2.75) is 0 Å². The SMILES string of the molecule is O=C1C=CC(=O)N1c1ccc(Nc2ccc3cc(OS(=O)(=O)O)ccc3c2)cc1. The molecule has 1 aliphatic rings. The number of anilines is 3. The normalized spacial score (nSPS) is 13.9. The van der Waals surface area contributed by atoms with Gasteiger partial charge >= 0.3 is 10.4 Å². The molecule has 0 fully saturated rings. The number of nitrogens with zero attached hydrogens (tertiary/aromatic N) is 1. The summed E-state index contributed by atoms with van der Waals surface area (Å²) in [5, 5.41) is 4.77. The summed E-state index contributed by atoms with van der Waals surface area (Å²) in [6.45, 7) is 0. The Kier molecular flexibility index (Phi) is 4.53. The molecule has 29 heavy (non-hydrogen) atoms. The Balaban J connectivity index is 1.52. The number of rotatable bonds is 5. The molecule has 3 aromatic rings. The molecule has 1 aliphatic heterocycles. The molecule has 1 heterocycles. The van der Waals surface area contributed by atoms with Crippen molar-refractivity contribution >= 4 is 50.0 Å². The summed E-state index contributed by atoms with van der Waals surface area (Å²) in [5.41, 5.74) is 2.02. The highest BCUT2D eigenvalue weighted by Gasteiger charge is 2.24. The first-order chi connectivity index (χ1) is 13.8. The summed E-state index contributed by atoms with van der Waals surface area (Å²) in [6.07, 6.45) is 2.46. The summed E-state index contributed by atoms with van der Waals surface area (Å²) < 4.78 is 34.9. The maximum Gasteiger partial charge on any atom is 0.446 e. The number of fused-ring (bicyclic) bond motifs is 1. The minimum atomic E-state index is -4.57. The van der Waals surface area contributed by atoms with Crippen LogP contribution in [0.25, 0.3) is 10.8 Å². The summed E-state index contributed by atoms with van der Waals surface area (Å²) in [6, 6.07) is 16.9. The van der Waals surface area contributed by atoms with Gasteiger partial charge in [0, 0.05) is 23.5 Å². The Morgan fingerprint density at radius 2 is 1.38 bits per heavy atom. The lowest BCUT2D eigenvalue weighted by Gasteiger charge is -2.15. The van der Waals surface area contributed by atoms with E-state index >= 15 is 0 Å². The first-order valence-electron chi connectivity index (χ1n) is 8.42. The van der Waals surface area contributed by atoms with E-state index < -0.39 is 10.4 Å². The number of hydrogen-bond donors (Lipinski definition) is 2. The van der Waals surface area contributed by atoms with Crippen LogP contribution < -0.4 is 14.4 Å². The van der Waals surface area contributed by atoms with Gasteiger partial charge in [0.2, 0.25) is 0 Å². The highest BCUT2D eigenvalue weighted by atomic mass is 32.3. The van der Waals surface area contributed by atoms with Crippen molar-refractivity contribution in [1.82, 2.24) is 0 Å². The van der Waals surface area contributed by atoms with Gasteiger partial charge in [0.25, 0.3) is 11.8 Å². The average molecular weight is 410 g/mol. The maximum absolute atomic E-state index is 11.7. The molecule has 4 rings (SSSR count). The fourth-order valence-corrected chi connectivity index (χ4v) is 3.34. The van der Waals surface area contributed by atoms with Gasteiger partial charge in [0.1, 0.15) is 5.75 Å². The molecule has 0 saturated carbocycles. The molecule has 0 aliphatic carbocycles. The molecule has 0 bridgehead atoms. The largest absolute Gasteiger partial charge is 0.446 e. The highest BCUT2D eigenvalue weighted by Crippen LogP contribution is 2.27. The Bertz CT molecular complexity index is 1250. The van der Waals surface area contributed by atoms with Crippen LogP contribution in [0.2, 0.25) is 0 Å². The van der Waals surface area contributed by atoms with Crippen molar-refractivity contribution in [3.63, 3.8) is 0 Å². The van der Waals surface area contributed by atoms with Crippen LogP contribution in [0, 0.1) is 0 Å². The van der Waals surface area contributed by atoms with Crippen LogP contribution in [0.3, 0.4) is 0 Å². The zero-order valence-electron chi connectivity index (χ0n) is 14.8. The number of benzene rings is 3. The van der Waals surface area contributed by atoms with Gasteiger partial charge in [-0.25, -0.2) is 4.90 Å². The Labute approximate surface area is 166 Å². The van der Waals surface area contributed by atoms with E-state index in [-0.39, 0.29) is 17.6 Å². The standard InChI is InChI=1S/C20H14N2O6S/c23-19-9-10-20(24)22(19)17-6-4-15(5-7-17)21-16-3-1-14-12-18(28-29(25,26)27)8-2-13(14)11-16/h1-12,21H,(H,25,26,27). The molecule has 146 valence electrons. The van der Waals surface area contributed by atoms with Crippen molar-refractivity contribution in [1.29, 1.82) is 0 Å². The second kappa shape index (κ2) is 7.04. The fraction of sp³-hybridized carbons (Fsp3) is 0. The predicted molar refractivity (Wildman–Crippen MR) is 107 cm³/mol. The van der Waals surface area contributed by atoms with Gasteiger partial charge in [-0.05, 0) is 59.3 Å². The van der Waals surface area contributed by atoms with E-state index in [9.17, 15) is 18.0 Å². The van der Waals surface area contributed by atoms with Crippen LogP contribution in [0.4, 0.5) is 17.1 Å². The molecule has 0 saturated heterocycles. The van der Waals surface area contributed by atoms with Crippen molar-refractivity contribution in [2.24, 2.45) is 0 Å². The lowest BCUT2D eigenvalue weighted by Crippen LogP contribution is -2.29. The lowest BCUT2D eigenvalue weighted by atomic mass is 10.1. The van der Waals surface area contributed by atoms with Crippen molar-refractivity contribution in [3.05, 3.63) is 72.8 Å². The Morgan fingerprint density at radius 3 is 2.03 bits per heavy atom. The predicted octanol–water partition coefficient (Wildman–Crippen LogP) is 3.19. The van der Waals surface area contributed by atoms with Crippen molar-refractivity contribution < 1.29 is 26.7 Å². The van der Waals surface area contributed by atoms with Crippen LogP contribution in [-0.4, -0.2) is 24.8 Å². The van der Waals surface area contributed by atoms with Crippen LogP contribution in [-0.2, 0) is 20.0 Å². The molecule has 0 spiro atoms. The molecule has 2 amide bonds. The number of nitrogens with one attached hydrogen (secondary N) is 1. The van der Waals surface area contributed by atoms with Gasteiger partial charge in [0.05, 0.1) is 5.69 Å². The lowest BCUT2D eigenvalue weighted by molar-refractivity contribution is -0.119. The summed E-state index contributed by atoms with van der Waals surface area (Å²) in [4.78, 5) is 24.6. The molecule has 0 radical (unpaired) electrons. The third-order valence-corrected chi connectivity index (χ3v) is 4.64. The quantitative estimate of drug-likeness (QED) is 0.490. The summed E-state index contributed by atoms with van der Waals surface area (Å²) in [7, 11) is -4.57. The number of carbonyl (C=O) groups is 2. The molecule has 8 nitrogen and oxygen atoms in total. The third kappa shape index (κ3) is 4.10. The first-order valence-corrected chi connectivity index (χ1v) is 9.79. The van der Waals surface area contributed by atoms with Gasteiger partial charge in [-0.2, -0.15) is 8.42 Å². The molecule has 0 atom stereocenters. The second-order valence-corrected chi connectivity index (χ2v) is 7.27. The topological polar surface area (TPSA) is 113 Å². The van der Waals surface area contributed by atoms with Gasteiger partial charge in [0.15, 0.2) is 0 Å². The second-order valence-electron chi connectivity index (χ2n) is 6.25. The van der Waals surface area contributed by atoms with Crippen LogP contribution in [0.1, 0.15) is 0 Å². The molecule has 0 unspecified atom stereocenters. The van der Waals surface area contributed by atoms with Gasteiger partial charge < -0.3 is 9.50 Å². The smallest absolute Gasteiger partial charge is 0.362 e. The molecular formula is C20H14N2O6S. The molecule has 0 aromatic heterocycles. The number of carbonyl (C=O) groups excluding carboxylic acids is 2. The summed E-state index contributed by atoms with van der Waals surface area (Å²) in [5.74, 6) is -0.734. The molecule has 9 heteroatoms. The van der Waals surface area contributed by atoms with Crippen LogP contribution in [0.15, 0.2) is 72.8 Å². The zero-order chi connectivity index (χ0) is 20.6. The monoisotopic (exact) mass is 410 g/mol. The fourth-order valence-electron chi connectivity index (χ4n) is 2.99. The number of amides is 2. The number of imide groups is 1. The van der Waals surface area contributed by atoms with E-state index in [1.165, 1.54) is 24.3 Å². The third-order valence-electron chi connectivity index (χ3n) is 4.24. The first kappa shape index (κ1) is 18.7. The van der Waals surface area contributed by atoms with Crippen molar-refractivity contribution in [2.75, 3.05) is 10.2 Å². The van der Waals surface area contributed by atoms with E-state index in [0.717, 1.165) is 27.0 Å². The maximum atomic E-state index is 11.7. The van der Waals surface area contributed by atoms with E-state index in [1.54, 1.807) is 42.5 Å². The van der Waals surface area contributed by atoms with Crippen LogP contribution in [0.5, 0.6) is 5.75 Å². The van der Waals surface area contributed by atoms with E-state index in [2.05, 4.69) is 9.50 Å². The molecule has 2 N–H and O–H groups in total. The Morgan fingerprint density at radius 1 is 0.793 bits per heavy atom.